The predicted octanol–water partition coefficient (Wildman–Crippen LogP) is 3.22. The van der Waals surface area contributed by atoms with Crippen LogP contribution in [0.4, 0.5) is 0 Å². The lowest BCUT2D eigenvalue weighted by molar-refractivity contribution is -0.130. The second-order valence-electron chi connectivity index (χ2n) is 4.96. The monoisotopic (exact) mass is 270 g/mol. The average molecular weight is 270 g/mol. The fourth-order valence-corrected chi connectivity index (χ4v) is 2.76. The molecule has 0 saturated carbocycles. The third-order valence-corrected chi connectivity index (χ3v) is 3.65. The Balaban J connectivity index is 2.02. The minimum absolute atomic E-state index is 0.133. The van der Waals surface area contributed by atoms with Crippen LogP contribution in [0.3, 0.4) is 0 Å². The molecular weight excluding hydrogens is 256 g/mol. The van der Waals surface area contributed by atoms with Crippen molar-refractivity contribution in [1.29, 1.82) is 0 Å². The first-order chi connectivity index (χ1) is 9.66. The van der Waals surface area contributed by atoms with Crippen LogP contribution in [0.1, 0.15) is 30.8 Å². The van der Waals surface area contributed by atoms with Crippen LogP contribution in [-0.4, -0.2) is 11.6 Å². The van der Waals surface area contributed by atoms with Crippen molar-refractivity contribution in [3.63, 3.8) is 0 Å². The third kappa shape index (κ3) is 2.13. The molecule has 2 aromatic heterocycles. The highest BCUT2D eigenvalue weighted by molar-refractivity contribution is 6.11. The zero-order valence-electron chi connectivity index (χ0n) is 11.0. The molecule has 1 aliphatic rings. The van der Waals surface area contributed by atoms with E-state index in [0.29, 0.717) is 17.9 Å². The van der Waals surface area contributed by atoms with Gasteiger partial charge in [-0.05, 0) is 49.3 Å². The van der Waals surface area contributed by atoms with E-state index in [-0.39, 0.29) is 17.5 Å². The molecule has 20 heavy (non-hydrogen) atoms. The van der Waals surface area contributed by atoms with Gasteiger partial charge in [0.05, 0.1) is 18.4 Å². The molecule has 4 heteroatoms. The normalized spacial score (nSPS) is 22.6. The highest BCUT2D eigenvalue weighted by Crippen LogP contribution is 2.40. The molecule has 0 saturated heterocycles. The van der Waals surface area contributed by atoms with E-state index in [1.165, 1.54) is 13.0 Å². The number of carbonyl (C=O) groups excluding carboxylic acids is 2. The van der Waals surface area contributed by atoms with Gasteiger partial charge in [0.25, 0.3) is 0 Å². The van der Waals surface area contributed by atoms with E-state index in [1.807, 2.05) is 6.07 Å². The molecule has 102 valence electrons. The van der Waals surface area contributed by atoms with Crippen molar-refractivity contribution in [1.82, 2.24) is 0 Å². The number of furan rings is 2. The molecule has 3 rings (SSSR count). The molecule has 0 radical (unpaired) electrons. The van der Waals surface area contributed by atoms with Crippen LogP contribution in [0.5, 0.6) is 0 Å². The molecule has 0 bridgehead atoms. The Labute approximate surface area is 116 Å². The molecule has 0 fully saturated rings. The smallest absolute Gasteiger partial charge is 0.167 e. The van der Waals surface area contributed by atoms with E-state index in [4.69, 9.17) is 8.83 Å². The summed E-state index contributed by atoms with van der Waals surface area (Å²) in [4.78, 5) is 24.1. The van der Waals surface area contributed by atoms with Gasteiger partial charge in [-0.2, -0.15) is 0 Å². The van der Waals surface area contributed by atoms with Crippen molar-refractivity contribution < 1.29 is 18.4 Å². The number of hydrogen-bond donors (Lipinski definition) is 0. The molecule has 0 aliphatic heterocycles. The zero-order chi connectivity index (χ0) is 14.1. The van der Waals surface area contributed by atoms with Gasteiger partial charge in [0, 0.05) is 5.92 Å². The van der Waals surface area contributed by atoms with Gasteiger partial charge in [-0.1, -0.05) is 0 Å². The number of carbonyl (C=O) groups is 2. The predicted molar refractivity (Wildman–Crippen MR) is 71.9 cm³/mol. The lowest BCUT2D eigenvalue weighted by Crippen LogP contribution is -2.30. The standard InChI is InChI=1S/C16H14O4/c1-10(17)16-12(15-5-3-7-20-15)8-11(9-13(16)18)14-4-2-6-19-14/h2-7,9,12,16H,8H2,1H3/t12-,16+/m1/s1. The van der Waals surface area contributed by atoms with E-state index in [2.05, 4.69) is 0 Å². The Morgan fingerprint density at radius 2 is 1.95 bits per heavy atom. The number of Topliss-reactive ketones (excluding diaryl/α,β-unsaturated/α-hetero) is 1. The van der Waals surface area contributed by atoms with Crippen LogP contribution in [0, 0.1) is 5.92 Å². The van der Waals surface area contributed by atoms with E-state index in [1.54, 1.807) is 30.7 Å². The third-order valence-electron chi connectivity index (χ3n) is 3.65. The van der Waals surface area contributed by atoms with Crippen molar-refractivity contribution in [3.05, 3.63) is 54.4 Å². The average Bonchev–Trinajstić information content (AvgIpc) is 3.11. The Bertz CT molecular complexity index is 647. The largest absolute Gasteiger partial charge is 0.469 e. The van der Waals surface area contributed by atoms with Crippen LogP contribution in [0.25, 0.3) is 5.57 Å². The van der Waals surface area contributed by atoms with Crippen molar-refractivity contribution in [2.45, 2.75) is 19.3 Å². The Morgan fingerprint density at radius 3 is 2.55 bits per heavy atom. The lowest BCUT2D eigenvalue weighted by atomic mass is 9.75. The Kier molecular flexibility index (Phi) is 3.14. The SMILES string of the molecule is CC(=O)[C@@H]1C(=O)C=C(c2ccco2)C[C@@H]1c1ccco1. The molecule has 0 amide bonds. The maximum Gasteiger partial charge on any atom is 0.167 e. The first kappa shape index (κ1) is 12.7. The number of ketones is 2. The number of rotatable bonds is 3. The second-order valence-corrected chi connectivity index (χ2v) is 4.96. The van der Waals surface area contributed by atoms with Gasteiger partial charge < -0.3 is 8.83 Å². The van der Waals surface area contributed by atoms with E-state index in [9.17, 15) is 9.59 Å². The van der Waals surface area contributed by atoms with Gasteiger partial charge >= 0.3 is 0 Å². The summed E-state index contributed by atoms with van der Waals surface area (Å²) in [5, 5.41) is 0. The van der Waals surface area contributed by atoms with E-state index >= 15 is 0 Å². The second kappa shape index (κ2) is 4.96. The van der Waals surface area contributed by atoms with Crippen molar-refractivity contribution >= 4 is 17.1 Å². The summed E-state index contributed by atoms with van der Waals surface area (Å²) in [7, 11) is 0. The van der Waals surface area contributed by atoms with Gasteiger partial charge in [0.1, 0.15) is 17.3 Å². The van der Waals surface area contributed by atoms with Crippen molar-refractivity contribution in [3.8, 4) is 0 Å². The van der Waals surface area contributed by atoms with Crippen molar-refractivity contribution in [2.24, 2.45) is 5.92 Å². The molecule has 0 N–H and O–H groups in total. The minimum atomic E-state index is -0.667. The highest BCUT2D eigenvalue weighted by atomic mass is 16.3. The molecule has 0 unspecified atom stereocenters. The van der Waals surface area contributed by atoms with Crippen LogP contribution < -0.4 is 0 Å². The molecule has 2 heterocycles. The van der Waals surface area contributed by atoms with Crippen LogP contribution >= 0.6 is 0 Å². The first-order valence-electron chi connectivity index (χ1n) is 6.49. The summed E-state index contributed by atoms with van der Waals surface area (Å²) in [5.74, 6) is 0.0790. The quantitative estimate of drug-likeness (QED) is 0.803. The summed E-state index contributed by atoms with van der Waals surface area (Å²) in [6, 6.07) is 7.16. The molecular formula is C16H14O4. The maximum atomic E-state index is 12.3. The fourth-order valence-electron chi connectivity index (χ4n) is 2.76. The summed E-state index contributed by atoms with van der Waals surface area (Å²) < 4.78 is 10.8. The van der Waals surface area contributed by atoms with Gasteiger partial charge in [-0.3, -0.25) is 9.59 Å². The molecule has 4 nitrogen and oxygen atoms in total. The summed E-state index contributed by atoms with van der Waals surface area (Å²) >= 11 is 0. The van der Waals surface area contributed by atoms with Gasteiger partial charge in [0.15, 0.2) is 5.78 Å². The molecule has 0 aromatic carbocycles. The molecule has 2 atom stereocenters. The van der Waals surface area contributed by atoms with E-state index in [0.717, 1.165) is 5.57 Å². The molecule has 0 spiro atoms. The van der Waals surface area contributed by atoms with Crippen LogP contribution in [-0.2, 0) is 9.59 Å². The van der Waals surface area contributed by atoms with Gasteiger partial charge in [0.2, 0.25) is 0 Å². The van der Waals surface area contributed by atoms with Crippen LogP contribution in [0.15, 0.2) is 51.7 Å². The topological polar surface area (TPSA) is 60.4 Å². The van der Waals surface area contributed by atoms with Crippen LogP contribution in [0.2, 0.25) is 0 Å². The first-order valence-corrected chi connectivity index (χ1v) is 6.49. The van der Waals surface area contributed by atoms with Gasteiger partial charge in [-0.25, -0.2) is 0 Å². The number of allylic oxidation sites excluding steroid dienone is 2. The molecule has 2 aromatic rings. The summed E-state index contributed by atoms with van der Waals surface area (Å²) in [6.45, 7) is 1.45. The number of hydrogen-bond acceptors (Lipinski definition) is 4. The Morgan fingerprint density at radius 1 is 1.20 bits per heavy atom. The highest BCUT2D eigenvalue weighted by Gasteiger charge is 2.38. The van der Waals surface area contributed by atoms with Crippen molar-refractivity contribution in [2.75, 3.05) is 0 Å². The Hall–Kier alpha value is -2.36. The van der Waals surface area contributed by atoms with E-state index < -0.39 is 5.92 Å². The summed E-state index contributed by atoms with van der Waals surface area (Å²) in [5.41, 5.74) is 0.805. The van der Waals surface area contributed by atoms with Gasteiger partial charge in [-0.15, -0.1) is 0 Å². The zero-order valence-corrected chi connectivity index (χ0v) is 11.0. The minimum Gasteiger partial charge on any atom is -0.469 e. The summed E-state index contributed by atoms with van der Waals surface area (Å²) in [6.07, 6.45) is 5.20. The fraction of sp³-hybridized carbons (Fsp3) is 0.250. The maximum absolute atomic E-state index is 12.3. The lowest BCUT2D eigenvalue weighted by Gasteiger charge is -2.26. The molecule has 1 aliphatic carbocycles.